The molecule has 8 nitrogen and oxygen atoms in total. The van der Waals surface area contributed by atoms with Crippen LogP contribution in [0.5, 0.6) is 0 Å². The molecule has 134 valence electrons. The summed E-state index contributed by atoms with van der Waals surface area (Å²) >= 11 is 0. The third-order valence-electron chi connectivity index (χ3n) is 3.95. The number of pyridine rings is 1. The Morgan fingerprint density at radius 3 is 2.75 bits per heavy atom. The number of hydrogen-bond acceptors (Lipinski definition) is 6. The number of morpholine rings is 1. The topological polar surface area (TPSA) is 91.8 Å². The van der Waals surface area contributed by atoms with Gasteiger partial charge in [-0.15, -0.1) is 0 Å². The van der Waals surface area contributed by atoms with E-state index in [1.807, 2.05) is 6.07 Å². The lowest BCUT2D eigenvalue weighted by atomic mass is 10.1. The van der Waals surface area contributed by atoms with Crippen molar-refractivity contribution in [2.45, 2.75) is 6.04 Å². The Morgan fingerprint density at radius 1 is 1.46 bits per heavy atom. The number of likely N-dealkylation sites (N-methyl/N-ethyl adjacent to an activating group) is 1. The van der Waals surface area contributed by atoms with Crippen LogP contribution in [0.25, 0.3) is 0 Å². The van der Waals surface area contributed by atoms with Gasteiger partial charge in [0, 0.05) is 45.6 Å². The van der Waals surface area contributed by atoms with Crippen molar-refractivity contribution >= 4 is 15.9 Å². The summed E-state index contributed by atoms with van der Waals surface area (Å²) in [4.78, 5) is 18.8. The minimum Gasteiger partial charge on any atom is -0.379 e. The fourth-order valence-corrected chi connectivity index (χ4v) is 2.92. The monoisotopic (exact) mass is 356 g/mol. The number of carbonyl (C=O) groups is 1. The number of amides is 1. The van der Waals surface area contributed by atoms with Crippen molar-refractivity contribution < 1.29 is 17.9 Å². The first-order valence-corrected chi connectivity index (χ1v) is 9.65. The molecule has 0 saturated carbocycles. The molecule has 9 heteroatoms. The molecule has 1 fully saturated rings. The van der Waals surface area contributed by atoms with Crippen molar-refractivity contribution in [1.29, 1.82) is 0 Å². The average molecular weight is 356 g/mol. The Bertz CT molecular complexity index is 632. The van der Waals surface area contributed by atoms with Crippen LogP contribution in [-0.4, -0.2) is 81.2 Å². The van der Waals surface area contributed by atoms with Gasteiger partial charge in [0.15, 0.2) is 0 Å². The Balaban J connectivity index is 2.02. The van der Waals surface area contributed by atoms with Crippen LogP contribution in [0.15, 0.2) is 24.5 Å². The molecule has 0 bridgehead atoms. The maximum atomic E-state index is 12.7. The third kappa shape index (κ3) is 5.23. The summed E-state index contributed by atoms with van der Waals surface area (Å²) in [5.41, 5.74) is 0.813. The van der Waals surface area contributed by atoms with E-state index in [9.17, 15) is 13.2 Å². The number of ether oxygens (including phenoxy) is 1. The van der Waals surface area contributed by atoms with Gasteiger partial charge >= 0.3 is 0 Å². The summed E-state index contributed by atoms with van der Waals surface area (Å²) < 4.78 is 29.3. The molecule has 1 aromatic heterocycles. The molecular formula is C15H24N4O4S. The molecule has 0 spiro atoms. The molecule has 2 heterocycles. The lowest BCUT2D eigenvalue weighted by molar-refractivity contribution is -0.128. The highest BCUT2D eigenvalue weighted by molar-refractivity contribution is 7.88. The summed E-state index contributed by atoms with van der Waals surface area (Å²) in [6.07, 6.45) is 4.49. The van der Waals surface area contributed by atoms with Crippen molar-refractivity contribution in [2.75, 3.05) is 52.7 Å². The molecule has 1 atom stereocenters. The van der Waals surface area contributed by atoms with Gasteiger partial charge < -0.3 is 10.1 Å². The van der Waals surface area contributed by atoms with Gasteiger partial charge in [0.25, 0.3) is 0 Å². The van der Waals surface area contributed by atoms with Gasteiger partial charge in [-0.05, 0) is 11.6 Å². The highest BCUT2D eigenvalue weighted by Gasteiger charge is 2.29. The van der Waals surface area contributed by atoms with Gasteiger partial charge in [-0.1, -0.05) is 6.07 Å². The van der Waals surface area contributed by atoms with Crippen LogP contribution in [0.1, 0.15) is 11.6 Å². The van der Waals surface area contributed by atoms with E-state index in [0.29, 0.717) is 26.3 Å². The lowest BCUT2D eigenvalue weighted by Gasteiger charge is -2.33. The minimum atomic E-state index is -3.25. The molecule has 1 amide bonds. The number of nitrogens with one attached hydrogen (secondary N) is 1. The maximum absolute atomic E-state index is 12.7. The molecule has 0 aromatic carbocycles. The first-order valence-electron chi connectivity index (χ1n) is 7.80. The van der Waals surface area contributed by atoms with Crippen LogP contribution in [0.2, 0.25) is 0 Å². The van der Waals surface area contributed by atoms with Crippen LogP contribution >= 0.6 is 0 Å². The standard InChI is InChI=1S/C15H24N4O4S/c1-18(24(2,21)22)7-6-17-15(20)14(13-4-3-5-16-12-13)19-8-10-23-11-9-19/h3-5,12,14H,6-11H2,1-2H3,(H,17,20). The SMILES string of the molecule is CN(CCNC(=O)C(c1cccnc1)N1CCOCC1)S(C)(=O)=O. The molecule has 1 aromatic rings. The summed E-state index contributed by atoms with van der Waals surface area (Å²) in [6, 6.07) is 3.22. The quantitative estimate of drug-likeness (QED) is 0.706. The van der Waals surface area contributed by atoms with Gasteiger partial charge in [-0.25, -0.2) is 12.7 Å². The molecule has 1 N–H and O–H groups in total. The number of nitrogens with zero attached hydrogens (tertiary/aromatic N) is 3. The molecule has 1 aliphatic heterocycles. The van der Waals surface area contributed by atoms with E-state index in [4.69, 9.17) is 4.74 Å². The Morgan fingerprint density at radius 2 is 2.17 bits per heavy atom. The minimum absolute atomic E-state index is 0.160. The van der Waals surface area contributed by atoms with E-state index in [2.05, 4.69) is 15.2 Å². The zero-order chi connectivity index (χ0) is 17.6. The molecule has 24 heavy (non-hydrogen) atoms. The zero-order valence-corrected chi connectivity index (χ0v) is 14.8. The second-order valence-corrected chi connectivity index (χ2v) is 7.80. The van der Waals surface area contributed by atoms with Crippen molar-refractivity contribution in [2.24, 2.45) is 0 Å². The smallest absolute Gasteiger partial charge is 0.242 e. The molecule has 1 aliphatic rings. The van der Waals surface area contributed by atoms with Gasteiger partial charge in [-0.2, -0.15) is 0 Å². The van der Waals surface area contributed by atoms with Crippen LogP contribution in [0.4, 0.5) is 0 Å². The predicted octanol–water partition coefficient (Wildman–Crippen LogP) is -0.537. The lowest BCUT2D eigenvalue weighted by Crippen LogP contribution is -2.47. The van der Waals surface area contributed by atoms with Gasteiger partial charge in [-0.3, -0.25) is 14.7 Å². The van der Waals surface area contributed by atoms with E-state index < -0.39 is 16.1 Å². The number of aromatic nitrogens is 1. The van der Waals surface area contributed by atoms with E-state index in [1.54, 1.807) is 18.5 Å². The summed E-state index contributed by atoms with van der Waals surface area (Å²) in [5.74, 6) is -0.160. The fraction of sp³-hybridized carbons (Fsp3) is 0.600. The van der Waals surface area contributed by atoms with Crippen LogP contribution in [0, 0.1) is 0 Å². The number of hydrogen-bond donors (Lipinski definition) is 1. The molecule has 1 saturated heterocycles. The predicted molar refractivity (Wildman–Crippen MR) is 89.9 cm³/mol. The van der Waals surface area contributed by atoms with Crippen LogP contribution in [0.3, 0.4) is 0 Å². The van der Waals surface area contributed by atoms with Crippen molar-refractivity contribution in [3.05, 3.63) is 30.1 Å². The Hall–Kier alpha value is -1.55. The average Bonchev–Trinajstić information content (AvgIpc) is 2.56. The first-order chi connectivity index (χ1) is 11.4. The molecule has 1 unspecified atom stereocenters. The van der Waals surface area contributed by atoms with Gasteiger partial charge in [0.05, 0.1) is 19.5 Å². The fourth-order valence-electron chi connectivity index (χ4n) is 2.50. The number of rotatable bonds is 7. The summed E-state index contributed by atoms with van der Waals surface area (Å²) in [5, 5.41) is 2.83. The largest absolute Gasteiger partial charge is 0.379 e. The molecule has 0 aliphatic carbocycles. The number of sulfonamides is 1. The maximum Gasteiger partial charge on any atom is 0.242 e. The van der Waals surface area contributed by atoms with Gasteiger partial charge in [0.2, 0.25) is 15.9 Å². The van der Waals surface area contributed by atoms with Gasteiger partial charge in [0.1, 0.15) is 6.04 Å². The molecule has 0 radical (unpaired) electrons. The van der Waals surface area contributed by atoms with Crippen LogP contribution < -0.4 is 5.32 Å². The highest BCUT2D eigenvalue weighted by atomic mass is 32.2. The van der Waals surface area contributed by atoms with E-state index in [-0.39, 0.29) is 19.0 Å². The first kappa shape index (κ1) is 18.8. The van der Waals surface area contributed by atoms with E-state index >= 15 is 0 Å². The molecular weight excluding hydrogens is 332 g/mol. The van der Waals surface area contributed by atoms with E-state index in [1.165, 1.54) is 11.4 Å². The summed E-state index contributed by atoms with van der Waals surface area (Å²) in [7, 11) is -1.76. The van der Waals surface area contributed by atoms with E-state index in [0.717, 1.165) is 11.8 Å². The molecule has 2 rings (SSSR count). The van der Waals surface area contributed by atoms with Crippen molar-refractivity contribution in [3.63, 3.8) is 0 Å². The second-order valence-electron chi connectivity index (χ2n) is 5.71. The highest BCUT2D eigenvalue weighted by Crippen LogP contribution is 2.21. The number of carbonyl (C=O) groups excluding carboxylic acids is 1. The Kier molecular flexibility index (Phi) is 6.67. The zero-order valence-electron chi connectivity index (χ0n) is 14.0. The van der Waals surface area contributed by atoms with Crippen molar-refractivity contribution in [1.82, 2.24) is 19.5 Å². The second kappa shape index (κ2) is 8.52. The van der Waals surface area contributed by atoms with Crippen LogP contribution in [-0.2, 0) is 19.6 Å². The summed E-state index contributed by atoms with van der Waals surface area (Å²) in [6.45, 7) is 2.98. The normalized spacial score (nSPS) is 17.6. The third-order valence-corrected chi connectivity index (χ3v) is 5.27. The van der Waals surface area contributed by atoms with Crippen molar-refractivity contribution in [3.8, 4) is 0 Å². The Labute approximate surface area is 142 Å².